The minimum atomic E-state index is -1.02. The molecule has 0 radical (unpaired) electrons. The van der Waals surface area contributed by atoms with Crippen molar-refractivity contribution in [2.75, 3.05) is 14.1 Å². The molecule has 0 saturated heterocycles. The molecule has 1 unspecified atom stereocenters. The number of aliphatic carboxylic acids is 1. The maximum atomic E-state index is 12.1. The van der Waals surface area contributed by atoms with Crippen molar-refractivity contribution >= 4 is 27.9 Å². The van der Waals surface area contributed by atoms with E-state index in [1.165, 1.54) is 23.8 Å². The van der Waals surface area contributed by atoms with E-state index in [-0.39, 0.29) is 6.03 Å². The number of hydrogen-bond acceptors (Lipinski definition) is 2. The predicted octanol–water partition coefficient (Wildman–Crippen LogP) is 2.41. The lowest BCUT2D eigenvalue weighted by molar-refractivity contribution is -0.141. The first-order valence-corrected chi connectivity index (χ1v) is 6.57. The van der Waals surface area contributed by atoms with Crippen LogP contribution in [0.1, 0.15) is 12.5 Å². The van der Waals surface area contributed by atoms with Gasteiger partial charge in [-0.1, -0.05) is 28.1 Å². The Morgan fingerprint density at radius 1 is 1.37 bits per heavy atom. The minimum Gasteiger partial charge on any atom is -0.480 e. The lowest BCUT2D eigenvalue weighted by atomic mass is 10.2. The van der Waals surface area contributed by atoms with Crippen molar-refractivity contribution < 1.29 is 14.7 Å². The van der Waals surface area contributed by atoms with Gasteiger partial charge in [0.2, 0.25) is 0 Å². The Bertz CT molecular complexity index is 479. The zero-order valence-corrected chi connectivity index (χ0v) is 12.7. The molecule has 0 bridgehead atoms. The summed E-state index contributed by atoms with van der Waals surface area (Å²) in [7, 11) is 3.13. The molecule has 6 heteroatoms. The molecule has 0 aliphatic rings. The van der Waals surface area contributed by atoms with Crippen LogP contribution >= 0.6 is 15.9 Å². The van der Waals surface area contributed by atoms with Gasteiger partial charge in [0.1, 0.15) is 6.04 Å². The van der Waals surface area contributed by atoms with E-state index in [2.05, 4.69) is 15.9 Å². The Kier molecular flexibility index (Phi) is 5.35. The van der Waals surface area contributed by atoms with Gasteiger partial charge in [-0.2, -0.15) is 0 Å². The number of carboxylic acid groups (broad SMARTS) is 1. The number of carbonyl (C=O) groups is 2. The Morgan fingerprint density at radius 2 is 2.00 bits per heavy atom. The summed E-state index contributed by atoms with van der Waals surface area (Å²) in [5.41, 5.74) is 0.974. The molecule has 1 aromatic rings. The van der Waals surface area contributed by atoms with Crippen molar-refractivity contribution in [3.63, 3.8) is 0 Å². The van der Waals surface area contributed by atoms with Gasteiger partial charge in [-0.25, -0.2) is 9.59 Å². The largest absolute Gasteiger partial charge is 0.480 e. The van der Waals surface area contributed by atoms with Crippen molar-refractivity contribution in [3.8, 4) is 0 Å². The fourth-order valence-corrected chi connectivity index (χ4v) is 2.02. The number of likely N-dealkylation sites (N-methyl/N-ethyl adjacent to an activating group) is 1. The van der Waals surface area contributed by atoms with Crippen molar-refractivity contribution in [1.82, 2.24) is 9.80 Å². The van der Waals surface area contributed by atoms with Gasteiger partial charge in [-0.3, -0.25) is 0 Å². The number of carbonyl (C=O) groups excluding carboxylic acids is 1. The van der Waals surface area contributed by atoms with Gasteiger partial charge in [0.15, 0.2) is 0 Å². The van der Waals surface area contributed by atoms with Gasteiger partial charge in [0, 0.05) is 25.1 Å². The van der Waals surface area contributed by atoms with Crippen LogP contribution in [0.25, 0.3) is 0 Å². The van der Waals surface area contributed by atoms with Gasteiger partial charge < -0.3 is 14.9 Å². The highest BCUT2D eigenvalue weighted by molar-refractivity contribution is 9.10. The highest BCUT2D eigenvalue weighted by Gasteiger charge is 2.24. The van der Waals surface area contributed by atoms with Crippen LogP contribution in [-0.2, 0) is 11.3 Å². The molecular formula is C13H17BrN2O3. The maximum Gasteiger partial charge on any atom is 0.326 e. The number of amides is 2. The summed E-state index contributed by atoms with van der Waals surface area (Å²) >= 11 is 3.37. The number of hydrogen-bond donors (Lipinski definition) is 1. The Labute approximate surface area is 120 Å². The van der Waals surface area contributed by atoms with E-state index in [0.29, 0.717) is 6.54 Å². The fraction of sp³-hybridized carbons (Fsp3) is 0.385. The van der Waals surface area contributed by atoms with Crippen LogP contribution in [0.3, 0.4) is 0 Å². The smallest absolute Gasteiger partial charge is 0.326 e. The first kappa shape index (κ1) is 15.5. The molecule has 0 aromatic heterocycles. The average Bonchev–Trinajstić information content (AvgIpc) is 2.35. The van der Waals surface area contributed by atoms with Gasteiger partial charge >= 0.3 is 12.0 Å². The first-order chi connectivity index (χ1) is 8.82. The lowest BCUT2D eigenvalue weighted by Crippen LogP contribution is -2.46. The average molecular weight is 329 g/mol. The van der Waals surface area contributed by atoms with Gasteiger partial charge in [0.05, 0.1) is 0 Å². The number of nitrogens with zero attached hydrogens (tertiary/aromatic N) is 2. The molecule has 1 rings (SSSR count). The van der Waals surface area contributed by atoms with Crippen molar-refractivity contribution in [2.45, 2.75) is 19.5 Å². The van der Waals surface area contributed by atoms with Crippen molar-refractivity contribution in [3.05, 3.63) is 34.3 Å². The standard InChI is InChI=1S/C13H17BrN2O3/c1-9(12(17)18)16(3)13(19)15(2)8-10-5-4-6-11(14)7-10/h4-7,9H,8H2,1-3H3,(H,17,18). The van der Waals surface area contributed by atoms with Crippen LogP contribution in [0.15, 0.2) is 28.7 Å². The molecule has 1 aromatic carbocycles. The second-order valence-corrected chi connectivity index (χ2v) is 5.31. The fourth-order valence-electron chi connectivity index (χ4n) is 1.58. The molecule has 5 nitrogen and oxygen atoms in total. The van der Waals surface area contributed by atoms with Crippen LogP contribution in [0.2, 0.25) is 0 Å². The molecule has 2 amide bonds. The molecule has 19 heavy (non-hydrogen) atoms. The van der Waals surface area contributed by atoms with Crippen LogP contribution in [0.5, 0.6) is 0 Å². The molecule has 0 fully saturated rings. The summed E-state index contributed by atoms with van der Waals surface area (Å²) in [6.45, 7) is 1.90. The Hall–Kier alpha value is -1.56. The first-order valence-electron chi connectivity index (χ1n) is 5.78. The van der Waals surface area contributed by atoms with E-state index in [0.717, 1.165) is 10.0 Å². The molecule has 1 N–H and O–H groups in total. The summed E-state index contributed by atoms with van der Waals surface area (Å²) in [6.07, 6.45) is 0. The SMILES string of the molecule is CC(C(=O)O)N(C)C(=O)N(C)Cc1cccc(Br)c1. The third-order valence-corrected chi connectivity index (χ3v) is 3.37. The molecule has 0 heterocycles. The third kappa shape index (κ3) is 4.24. The van der Waals surface area contributed by atoms with E-state index in [9.17, 15) is 9.59 Å². The van der Waals surface area contributed by atoms with Crippen molar-refractivity contribution in [2.24, 2.45) is 0 Å². The van der Waals surface area contributed by atoms with E-state index in [1.54, 1.807) is 7.05 Å². The van der Waals surface area contributed by atoms with Gasteiger partial charge in [-0.15, -0.1) is 0 Å². The normalized spacial score (nSPS) is 11.8. The molecule has 0 aliphatic carbocycles. The van der Waals surface area contributed by atoms with E-state index >= 15 is 0 Å². The van der Waals surface area contributed by atoms with Gasteiger partial charge in [-0.05, 0) is 24.6 Å². The van der Waals surface area contributed by atoms with E-state index < -0.39 is 12.0 Å². The number of carboxylic acids is 1. The second kappa shape index (κ2) is 6.56. The highest BCUT2D eigenvalue weighted by Crippen LogP contribution is 2.13. The number of halogens is 1. The number of benzene rings is 1. The Morgan fingerprint density at radius 3 is 2.53 bits per heavy atom. The predicted molar refractivity (Wildman–Crippen MR) is 75.9 cm³/mol. The third-order valence-electron chi connectivity index (χ3n) is 2.88. The summed E-state index contributed by atoms with van der Waals surface area (Å²) in [5.74, 6) is -1.02. The maximum absolute atomic E-state index is 12.1. The second-order valence-electron chi connectivity index (χ2n) is 4.39. The van der Waals surface area contributed by atoms with Crippen LogP contribution in [-0.4, -0.2) is 47.0 Å². The molecule has 0 spiro atoms. The zero-order chi connectivity index (χ0) is 14.6. The summed E-state index contributed by atoms with van der Waals surface area (Å²) in [4.78, 5) is 25.6. The van der Waals surface area contributed by atoms with Crippen LogP contribution < -0.4 is 0 Å². The molecular weight excluding hydrogens is 312 g/mol. The lowest BCUT2D eigenvalue weighted by Gasteiger charge is -2.27. The topological polar surface area (TPSA) is 60.9 Å². The summed E-state index contributed by atoms with van der Waals surface area (Å²) < 4.78 is 0.943. The number of rotatable bonds is 4. The number of urea groups is 1. The quantitative estimate of drug-likeness (QED) is 0.923. The minimum absolute atomic E-state index is 0.324. The summed E-state index contributed by atoms with van der Waals surface area (Å²) in [6, 6.07) is 6.46. The summed E-state index contributed by atoms with van der Waals surface area (Å²) in [5, 5.41) is 8.89. The zero-order valence-electron chi connectivity index (χ0n) is 11.1. The van der Waals surface area contributed by atoms with Gasteiger partial charge in [0.25, 0.3) is 0 Å². The van der Waals surface area contributed by atoms with E-state index in [1.807, 2.05) is 24.3 Å². The highest BCUT2D eigenvalue weighted by atomic mass is 79.9. The van der Waals surface area contributed by atoms with Crippen LogP contribution in [0, 0.1) is 0 Å². The molecule has 104 valence electrons. The van der Waals surface area contributed by atoms with E-state index in [4.69, 9.17) is 5.11 Å². The Balaban J connectivity index is 2.70. The molecule has 0 saturated carbocycles. The van der Waals surface area contributed by atoms with Crippen molar-refractivity contribution in [1.29, 1.82) is 0 Å². The monoisotopic (exact) mass is 328 g/mol. The van der Waals surface area contributed by atoms with Crippen LogP contribution in [0.4, 0.5) is 4.79 Å². The molecule has 1 atom stereocenters. The molecule has 0 aliphatic heterocycles.